The molecule has 0 heterocycles. The lowest BCUT2D eigenvalue weighted by molar-refractivity contribution is -0.119. The molecule has 0 bridgehead atoms. The summed E-state index contributed by atoms with van der Waals surface area (Å²) in [7, 11) is 0. The second-order valence-electron chi connectivity index (χ2n) is 5.72. The molecule has 0 radical (unpaired) electrons. The quantitative estimate of drug-likeness (QED) is 0.629. The van der Waals surface area contributed by atoms with Crippen LogP contribution in [0.4, 0.5) is 5.69 Å². The van der Waals surface area contributed by atoms with Crippen LogP contribution in [0, 0.1) is 11.3 Å². The monoisotopic (exact) mass is 388 g/mol. The SMILES string of the molecule is N#Cc1ccc(C(=O)OCC(=O)Nc2ccccc2Sc2ccccc2)cc1. The van der Waals surface area contributed by atoms with Gasteiger partial charge < -0.3 is 10.1 Å². The molecule has 3 rings (SSSR count). The van der Waals surface area contributed by atoms with Crippen molar-refractivity contribution in [1.82, 2.24) is 0 Å². The molecule has 1 N–H and O–H groups in total. The fraction of sp³-hybridized carbons (Fsp3) is 0.0455. The third-order valence-electron chi connectivity index (χ3n) is 3.72. The van der Waals surface area contributed by atoms with Gasteiger partial charge in [0.05, 0.1) is 22.9 Å². The Morgan fingerprint density at radius 1 is 0.929 bits per heavy atom. The van der Waals surface area contributed by atoms with E-state index in [-0.39, 0.29) is 5.56 Å². The van der Waals surface area contributed by atoms with E-state index in [9.17, 15) is 9.59 Å². The lowest BCUT2D eigenvalue weighted by Crippen LogP contribution is -2.21. The number of benzene rings is 3. The molecule has 28 heavy (non-hydrogen) atoms. The number of amides is 1. The van der Waals surface area contributed by atoms with Crippen LogP contribution in [0.2, 0.25) is 0 Å². The number of para-hydroxylation sites is 1. The second-order valence-corrected chi connectivity index (χ2v) is 6.84. The average molecular weight is 388 g/mol. The molecule has 0 aliphatic heterocycles. The van der Waals surface area contributed by atoms with E-state index in [1.807, 2.05) is 54.6 Å². The Morgan fingerprint density at radius 3 is 2.32 bits per heavy atom. The number of anilines is 1. The molecule has 0 saturated carbocycles. The van der Waals surface area contributed by atoms with Crippen LogP contribution in [0.25, 0.3) is 0 Å². The predicted molar refractivity (Wildman–Crippen MR) is 107 cm³/mol. The summed E-state index contributed by atoms with van der Waals surface area (Å²) in [5.74, 6) is -1.05. The van der Waals surface area contributed by atoms with Gasteiger partial charge >= 0.3 is 5.97 Å². The molecule has 3 aromatic carbocycles. The van der Waals surface area contributed by atoms with Gasteiger partial charge in [0.25, 0.3) is 5.91 Å². The van der Waals surface area contributed by atoms with Crippen molar-refractivity contribution >= 4 is 29.3 Å². The molecule has 0 fully saturated rings. The van der Waals surface area contributed by atoms with Crippen LogP contribution in [-0.2, 0) is 9.53 Å². The summed E-state index contributed by atoms with van der Waals surface area (Å²) in [6, 6.07) is 25.3. The molecule has 6 heteroatoms. The van der Waals surface area contributed by atoms with Gasteiger partial charge in [-0.3, -0.25) is 4.79 Å². The molecular formula is C22H16N2O3S. The van der Waals surface area contributed by atoms with E-state index < -0.39 is 18.5 Å². The number of nitrogens with one attached hydrogen (secondary N) is 1. The first-order chi connectivity index (χ1) is 13.7. The highest BCUT2D eigenvalue weighted by atomic mass is 32.2. The maximum atomic E-state index is 12.2. The van der Waals surface area contributed by atoms with Crippen molar-refractivity contribution in [3.8, 4) is 6.07 Å². The van der Waals surface area contributed by atoms with Crippen molar-refractivity contribution in [1.29, 1.82) is 5.26 Å². The Hall–Kier alpha value is -3.56. The summed E-state index contributed by atoms with van der Waals surface area (Å²) >= 11 is 1.53. The standard InChI is InChI=1S/C22H16N2O3S/c23-14-16-10-12-17(13-11-16)22(26)27-15-21(25)24-19-8-4-5-9-20(19)28-18-6-2-1-3-7-18/h1-13H,15H2,(H,24,25). The van der Waals surface area contributed by atoms with Gasteiger partial charge in [0.2, 0.25) is 0 Å². The van der Waals surface area contributed by atoms with Crippen LogP contribution in [0.5, 0.6) is 0 Å². The van der Waals surface area contributed by atoms with E-state index in [1.54, 1.807) is 6.07 Å². The zero-order chi connectivity index (χ0) is 19.8. The third kappa shape index (κ3) is 5.22. The molecule has 1 amide bonds. The number of carbonyl (C=O) groups is 2. The first kappa shape index (κ1) is 19.2. The van der Waals surface area contributed by atoms with E-state index >= 15 is 0 Å². The van der Waals surface area contributed by atoms with Crippen LogP contribution in [0.15, 0.2) is 88.7 Å². The highest BCUT2D eigenvalue weighted by Gasteiger charge is 2.12. The first-order valence-corrected chi connectivity index (χ1v) is 9.26. The van der Waals surface area contributed by atoms with E-state index in [1.165, 1.54) is 36.0 Å². The van der Waals surface area contributed by atoms with Crippen LogP contribution in [0.3, 0.4) is 0 Å². The van der Waals surface area contributed by atoms with E-state index in [0.29, 0.717) is 11.3 Å². The molecule has 138 valence electrons. The Kier molecular flexibility index (Phi) is 6.45. The number of nitrogens with zero attached hydrogens (tertiary/aromatic N) is 1. The van der Waals surface area contributed by atoms with Gasteiger partial charge in [-0.1, -0.05) is 42.1 Å². The smallest absolute Gasteiger partial charge is 0.338 e. The summed E-state index contributed by atoms with van der Waals surface area (Å²) < 4.78 is 5.05. The molecule has 0 aromatic heterocycles. The molecule has 0 spiro atoms. The van der Waals surface area contributed by atoms with Gasteiger partial charge in [0.1, 0.15) is 0 Å². The predicted octanol–water partition coefficient (Wildman–Crippen LogP) is 4.50. The lowest BCUT2D eigenvalue weighted by Gasteiger charge is -2.11. The topological polar surface area (TPSA) is 79.2 Å². The van der Waals surface area contributed by atoms with Crippen molar-refractivity contribution in [2.75, 3.05) is 11.9 Å². The number of carbonyl (C=O) groups excluding carboxylic acids is 2. The largest absolute Gasteiger partial charge is 0.452 e. The Bertz CT molecular complexity index is 1010. The summed E-state index contributed by atoms with van der Waals surface area (Å²) in [5, 5.41) is 11.6. The third-order valence-corrected chi connectivity index (χ3v) is 4.80. The van der Waals surface area contributed by atoms with Crippen molar-refractivity contribution in [3.05, 3.63) is 90.0 Å². The van der Waals surface area contributed by atoms with E-state index in [4.69, 9.17) is 10.00 Å². The van der Waals surface area contributed by atoms with Crippen LogP contribution in [-0.4, -0.2) is 18.5 Å². The van der Waals surface area contributed by atoms with Crippen LogP contribution in [0.1, 0.15) is 15.9 Å². The van der Waals surface area contributed by atoms with Crippen molar-refractivity contribution in [3.63, 3.8) is 0 Å². The lowest BCUT2D eigenvalue weighted by atomic mass is 10.1. The zero-order valence-electron chi connectivity index (χ0n) is 14.8. The molecule has 0 atom stereocenters. The van der Waals surface area contributed by atoms with E-state index in [0.717, 1.165) is 9.79 Å². The Morgan fingerprint density at radius 2 is 1.61 bits per heavy atom. The first-order valence-electron chi connectivity index (χ1n) is 8.45. The normalized spacial score (nSPS) is 9.96. The summed E-state index contributed by atoms with van der Waals surface area (Å²) in [6.07, 6.45) is 0. The minimum absolute atomic E-state index is 0.284. The van der Waals surface area contributed by atoms with Gasteiger partial charge in [0.15, 0.2) is 6.61 Å². The molecule has 0 unspecified atom stereocenters. The van der Waals surface area contributed by atoms with Crippen LogP contribution < -0.4 is 5.32 Å². The molecule has 0 aliphatic carbocycles. The van der Waals surface area contributed by atoms with Crippen molar-refractivity contribution in [2.45, 2.75) is 9.79 Å². The number of rotatable bonds is 6. The maximum Gasteiger partial charge on any atom is 0.338 e. The fourth-order valence-corrected chi connectivity index (χ4v) is 3.28. The minimum atomic E-state index is -0.619. The van der Waals surface area contributed by atoms with Gasteiger partial charge in [-0.2, -0.15) is 5.26 Å². The Labute approximate surface area is 167 Å². The van der Waals surface area contributed by atoms with Gasteiger partial charge in [-0.25, -0.2) is 4.79 Å². The summed E-state index contributed by atoms with van der Waals surface area (Å²) in [4.78, 5) is 26.2. The number of hydrogen-bond acceptors (Lipinski definition) is 5. The molecular weight excluding hydrogens is 372 g/mol. The maximum absolute atomic E-state index is 12.2. The fourth-order valence-electron chi connectivity index (χ4n) is 2.36. The highest BCUT2D eigenvalue weighted by molar-refractivity contribution is 7.99. The van der Waals surface area contributed by atoms with Crippen molar-refractivity contribution < 1.29 is 14.3 Å². The summed E-state index contributed by atoms with van der Waals surface area (Å²) in [5.41, 5.74) is 1.38. The number of esters is 1. The Balaban J connectivity index is 1.59. The van der Waals surface area contributed by atoms with Crippen molar-refractivity contribution in [2.24, 2.45) is 0 Å². The second kappa shape index (κ2) is 9.40. The van der Waals surface area contributed by atoms with Crippen LogP contribution >= 0.6 is 11.8 Å². The van der Waals surface area contributed by atoms with E-state index in [2.05, 4.69) is 5.32 Å². The molecule has 3 aromatic rings. The number of hydrogen-bond donors (Lipinski definition) is 1. The highest BCUT2D eigenvalue weighted by Crippen LogP contribution is 2.33. The van der Waals surface area contributed by atoms with Gasteiger partial charge in [0, 0.05) is 9.79 Å². The summed E-state index contributed by atoms with van der Waals surface area (Å²) in [6.45, 7) is -0.400. The number of ether oxygens (including phenoxy) is 1. The zero-order valence-corrected chi connectivity index (χ0v) is 15.6. The minimum Gasteiger partial charge on any atom is -0.452 e. The number of nitriles is 1. The molecule has 0 aliphatic rings. The molecule has 5 nitrogen and oxygen atoms in total. The molecule has 0 saturated heterocycles. The van der Waals surface area contributed by atoms with Gasteiger partial charge in [-0.15, -0.1) is 0 Å². The van der Waals surface area contributed by atoms with Gasteiger partial charge in [-0.05, 0) is 48.5 Å². The average Bonchev–Trinajstić information content (AvgIpc) is 2.74.